The van der Waals surface area contributed by atoms with Crippen LogP contribution in [0, 0.1) is 0 Å². The van der Waals surface area contributed by atoms with E-state index in [0.717, 1.165) is 12.8 Å². The van der Waals surface area contributed by atoms with Gasteiger partial charge in [0, 0.05) is 11.6 Å². The molecule has 1 unspecified atom stereocenters. The molecule has 98 valence electrons. The first-order valence-corrected chi connectivity index (χ1v) is 5.60. The zero-order chi connectivity index (χ0) is 13.1. The van der Waals surface area contributed by atoms with Gasteiger partial charge in [-0.25, -0.2) is 0 Å². The monoisotopic (exact) mass is 257 g/mol. The number of rotatable bonds is 6. The van der Waals surface area contributed by atoms with Crippen LogP contribution in [-0.2, 0) is 4.79 Å². The molecule has 0 bridgehead atoms. The Labute approximate surface area is 103 Å². The first-order chi connectivity index (χ1) is 8.58. The minimum atomic E-state index is -2.97. The summed E-state index contributed by atoms with van der Waals surface area (Å²) in [5, 5.41) is 12.1. The molecule has 1 atom stereocenters. The summed E-state index contributed by atoms with van der Waals surface area (Å²) in [6.07, 6.45) is 1.81. The van der Waals surface area contributed by atoms with Crippen LogP contribution < -0.4 is 10.1 Å². The lowest BCUT2D eigenvalue weighted by Gasteiger charge is -2.18. The van der Waals surface area contributed by atoms with Crippen molar-refractivity contribution < 1.29 is 23.4 Å². The van der Waals surface area contributed by atoms with Gasteiger partial charge < -0.3 is 9.84 Å². The maximum Gasteiger partial charge on any atom is 0.387 e. The van der Waals surface area contributed by atoms with E-state index in [4.69, 9.17) is 5.11 Å². The zero-order valence-electron chi connectivity index (χ0n) is 9.48. The van der Waals surface area contributed by atoms with E-state index in [0.29, 0.717) is 0 Å². The molecule has 0 heterocycles. The van der Waals surface area contributed by atoms with Crippen molar-refractivity contribution in [3.63, 3.8) is 0 Å². The number of carbonyl (C=O) groups is 1. The number of aliphatic carboxylic acids is 1. The second-order valence-electron chi connectivity index (χ2n) is 4.13. The first kappa shape index (κ1) is 12.8. The number of carboxylic acid groups (broad SMARTS) is 1. The first-order valence-electron chi connectivity index (χ1n) is 5.60. The van der Waals surface area contributed by atoms with Gasteiger partial charge in [0.1, 0.15) is 11.8 Å². The van der Waals surface area contributed by atoms with Crippen LogP contribution in [-0.4, -0.2) is 23.7 Å². The van der Waals surface area contributed by atoms with Gasteiger partial charge in [0.15, 0.2) is 0 Å². The number of nitrogens with one attached hydrogen (secondary N) is 1. The number of alkyl halides is 2. The van der Waals surface area contributed by atoms with E-state index in [9.17, 15) is 13.6 Å². The van der Waals surface area contributed by atoms with Gasteiger partial charge in [-0.3, -0.25) is 10.1 Å². The van der Waals surface area contributed by atoms with Crippen LogP contribution in [0.3, 0.4) is 0 Å². The predicted molar refractivity (Wildman–Crippen MR) is 59.6 cm³/mol. The van der Waals surface area contributed by atoms with Gasteiger partial charge in [-0.1, -0.05) is 18.2 Å². The lowest BCUT2D eigenvalue weighted by molar-refractivity contribution is -0.139. The van der Waals surface area contributed by atoms with Crippen LogP contribution in [0.4, 0.5) is 8.78 Å². The van der Waals surface area contributed by atoms with E-state index in [1.807, 2.05) is 0 Å². The van der Waals surface area contributed by atoms with Crippen molar-refractivity contribution in [2.45, 2.75) is 31.5 Å². The quantitative estimate of drug-likeness (QED) is 0.820. The van der Waals surface area contributed by atoms with Crippen LogP contribution in [0.15, 0.2) is 24.3 Å². The lowest BCUT2D eigenvalue weighted by Crippen LogP contribution is -2.30. The Kier molecular flexibility index (Phi) is 3.76. The van der Waals surface area contributed by atoms with Gasteiger partial charge in [0.25, 0.3) is 0 Å². The summed E-state index contributed by atoms with van der Waals surface area (Å²) in [7, 11) is 0. The van der Waals surface area contributed by atoms with Crippen molar-refractivity contribution in [2.75, 3.05) is 0 Å². The standard InChI is InChI=1S/C12H13F2NO3/c13-12(14)18-9-4-2-1-3-8(9)10(11(16)17)15-7-5-6-7/h1-4,7,10,12,15H,5-6H2,(H,16,17). The van der Waals surface area contributed by atoms with Crippen LogP contribution in [0.1, 0.15) is 24.4 Å². The topological polar surface area (TPSA) is 58.6 Å². The van der Waals surface area contributed by atoms with Gasteiger partial charge in [-0.2, -0.15) is 8.78 Å². The molecule has 1 saturated carbocycles. The SMILES string of the molecule is O=C(O)C(NC1CC1)c1ccccc1OC(F)F. The van der Waals surface area contributed by atoms with Crippen molar-refractivity contribution in [1.29, 1.82) is 0 Å². The highest BCUT2D eigenvalue weighted by Crippen LogP contribution is 2.30. The molecule has 0 aromatic heterocycles. The smallest absolute Gasteiger partial charge is 0.387 e. The molecule has 0 spiro atoms. The van der Waals surface area contributed by atoms with Gasteiger partial charge in [0.2, 0.25) is 0 Å². The average molecular weight is 257 g/mol. The Balaban J connectivity index is 2.24. The minimum Gasteiger partial charge on any atom is -0.480 e. The van der Waals surface area contributed by atoms with Crippen LogP contribution in [0.25, 0.3) is 0 Å². The summed E-state index contributed by atoms with van der Waals surface area (Å²) in [6, 6.07) is 5.06. The third kappa shape index (κ3) is 3.16. The van der Waals surface area contributed by atoms with Crippen LogP contribution >= 0.6 is 0 Å². The Bertz CT molecular complexity index is 435. The van der Waals surface area contributed by atoms with Crippen LogP contribution in [0.2, 0.25) is 0 Å². The third-order valence-corrected chi connectivity index (χ3v) is 2.67. The lowest BCUT2D eigenvalue weighted by atomic mass is 10.1. The number of benzene rings is 1. The predicted octanol–water partition coefficient (Wildman–Crippen LogP) is 2.17. The fraction of sp³-hybridized carbons (Fsp3) is 0.417. The van der Waals surface area contributed by atoms with Gasteiger partial charge >= 0.3 is 12.6 Å². The number of halogens is 2. The molecule has 18 heavy (non-hydrogen) atoms. The highest BCUT2D eigenvalue weighted by atomic mass is 19.3. The molecule has 1 aliphatic rings. The van der Waals surface area contributed by atoms with E-state index in [1.54, 1.807) is 6.07 Å². The Morgan fingerprint density at radius 2 is 2.06 bits per heavy atom. The van der Waals surface area contributed by atoms with Crippen molar-refractivity contribution in [2.24, 2.45) is 0 Å². The normalized spacial score (nSPS) is 16.6. The molecule has 0 amide bonds. The molecule has 0 saturated heterocycles. The van der Waals surface area contributed by atoms with Crippen molar-refractivity contribution in [3.05, 3.63) is 29.8 Å². The van der Waals surface area contributed by atoms with Gasteiger partial charge in [-0.05, 0) is 18.9 Å². The third-order valence-electron chi connectivity index (χ3n) is 2.67. The number of hydrogen-bond acceptors (Lipinski definition) is 3. The summed E-state index contributed by atoms with van der Waals surface area (Å²) >= 11 is 0. The van der Waals surface area contributed by atoms with E-state index < -0.39 is 18.6 Å². The molecule has 1 aromatic rings. The molecule has 1 fully saturated rings. The summed E-state index contributed by atoms with van der Waals surface area (Å²) in [5.74, 6) is -1.21. The molecule has 2 rings (SSSR count). The summed E-state index contributed by atoms with van der Waals surface area (Å²) < 4.78 is 28.8. The molecule has 4 nitrogen and oxygen atoms in total. The Morgan fingerprint density at radius 1 is 1.39 bits per heavy atom. The minimum absolute atomic E-state index is 0.104. The molecule has 1 aromatic carbocycles. The molecule has 2 N–H and O–H groups in total. The fourth-order valence-electron chi connectivity index (χ4n) is 1.70. The number of carboxylic acids is 1. The van der Waals surface area contributed by atoms with E-state index in [2.05, 4.69) is 10.1 Å². The zero-order valence-corrected chi connectivity index (χ0v) is 9.48. The van der Waals surface area contributed by atoms with Gasteiger partial charge in [0.05, 0.1) is 0 Å². The highest BCUT2D eigenvalue weighted by Gasteiger charge is 2.31. The van der Waals surface area contributed by atoms with E-state index in [-0.39, 0.29) is 17.4 Å². The molecule has 6 heteroatoms. The van der Waals surface area contributed by atoms with Crippen molar-refractivity contribution in [1.82, 2.24) is 5.32 Å². The van der Waals surface area contributed by atoms with E-state index >= 15 is 0 Å². The average Bonchev–Trinajstić information content (AvgIpc) is 3.10. The summed E-state index contributed by atoms with van der Waals surface area (Å²) in [4.78, 5) is 11.2. The largest absolute Gasteiger partial charge is 0.480 e. The maximum absolute atomic E-state index is 12.2. The number of hydrogen-bond donors (Lipinski definition) is 2. The Hall–Kier alpha value is -1.69. The van der Waals surface area contributed by atoms with Crippen molar-refractivity contribution >= 4 is 5.97 Å². The Morgan fingerprint density at radius 3 is 2.61 bits per heavy atom. The second-order valence-corrected chi connectivity index (χ2v) is 4.13. The highest BCUT2D eigenvalue weighted by molar-refractivity contribution is 5.76. The van der Waals surface area contributed by atoms with Crippen LogP contribution in [0.5, 0.6) is 5.75 Å². The fourth-order valence-corrected chi connectivity index (χ4v) is 1.70. The molecular weight excluding hydrogens is 244 g/mol. The molecule has 1 aliphatic carbocycles. The number of ether oxygens (including phenoxy) is 1. The van der Waals surface area contributed by atoms with Crippen molar-refractivity contribution in [3.8, 4) is 5.75 Å². The number of para-hydroxylation sites is 1. The molecule has 0 radical (unpaired) electrons. The van der Waals surface area contributed by atoms with Gasteiger partial charge in [-0.15, -0.1) is 0 Å². The molecule has 0 aliphatic heterocycles. The second kappa shape index (κ2) is 5.30. The summed E-state index contributed by atoms with van der Waals surface area (Å²) in [5.41, 5.74) is 0.220. The van der Waals surface area contributed by atoms with E-state index in [1.165, 1.54) is 18.2 Å². The maximum atomic E-state index is 12.2. The summed E-state index contributed by atoms with van der Waals surface area (Å²) in [6.45, 7) is -2.97. The molecular formula is C12H13F2NO3.